The minimum absolute atomic E-state index is 0.159. The number of halogens is 1. The number of hydroxylamine groups is 1. The largest absolute Gasteiger partial charge is 0.792 e. The molecule has 0 bridgehead atoms. The number of methoxy groups -OCH3 is 4. The van der Waals surface area contributed by atoms with Crippen LogP contribution in [0.5, 0.6) is 23.0 Å². The van der Waals surface area contributed by atoms with Crippen molar-refractivity contribution in [2.24, 2.45) is 0 Å². The molecule has 61 heavy (non-hydrogen) atoms. The minimum atomic E-state index is -0.769. The molecule has 5 rings (SSSR count). The second-order valence-corrected chi connectivity index (χ2v) is 16.2. The molecule has 15 heteroatoms. The molecule has 0 radical (unpaired) electrons. The maximum Gasteiger partial charge on any atom is 0.294 e. The summed E-state index contributed by atoms with van der Waals surface area (Å²) in [6.45, 7) is 10.9. The Morgan fingerprint density at radius 2 is 1.46 bits per heavy atom. The van der Waals surface area contributed by atoms with E-state index in [0.717, 1.165) is 94.5 Å². The molecule has 2 aromatic carbocycles. The van der Waals surface area contributed by atoms with Crippen molar-refractivity contribution in [1.29, 1.82) is 0 Å². The van der Waals surface area contributed by atoms with Gasteiger partial charge >= 0.3 is 0 Å². The van der Waals surface area contributed by atoms with Crippen molar-refractivity contribution in [3.63, 3.8) is 0 Å². The minimum Gasteiger partial charge on any atom is -0.792 e. The van der Waals surface area contributed by atoms with Gasteiger partial charge in [-0.05, 0) is 79.9 Å². The van der Waals surface area contributed by atoms with Gasteiger partial charge in [-0.1, -0.05) is 62.7 Å². The van der Waals surface area contributed by atoms with E-state index in [0.29, 0.717) is 41.6 Å². The van der Waals surface area contributed by atoms with Crippen molar-refractivity contribution in [2.75, 3.05) is 39.9 Å². The molecule has 0 saturated heterocycles. The summed E-state index contributed by atoms with van der Waals surface area (Å²) in [4.78, 5) is 31.7. The third kappa shape index (κ3) is 9.49. The van der Waals surface area contributed by atoms with E-state index in [1.165, 1.54) is 0 Å². The van der Waals surface area contributed by atoms with E-state index in [1.807, 2.05) is 40.7 Å². The summed E-state index contributed by atoms with van der Waals surface area (Å²) in [6, 6.07) is 13.9. The highest BCUT2D eigenvalue weighted by molar-refractivity contribution is 9.12. The van der Waals surface area contributed by atoms with Crippen molar-refractivity contribution in [3.8, 4) is 46.9 Å². The van der Waals surface area contributed by atoms with Gasteiger partial charge in [0, 0.05) is 51.8 Å². The first-order valence-corrected chi connectivity index (χ1v) is 22.4. The number of allylic oxidation sites excluding steroid dienone is 8. The van der Waals surface area contributed by atoms with Gasteiger partial charge in [0.2, 0.25) is 17.4 Å². The van der Waals surface area contributed by atoms with E-state index in [9.17, 15) is 14.1 Å². The second kappa shape index (κ2) is 21.6. The van der Waals surface area contributed by atoms with E-state index >= 15 is 0 Å². The second-order valence-electron chi connectivity index (χ2n) is 14.2. The number of nitrogens with one attached hydrogen (secondary N) is 1. The fraction of sp³-hybridized carbons (Fsp3) is 0.413. The van der Waals surface area contributed by atoms with Crippen LogP contribution in [0.2, 0.25) is 0 Å². The van der Waals surface area contributed by atoms with Crippen LogP contribution >= 0.6 is 40.0 Å². The monoisotopic (exact) mass is 933 g/mol. The zero-order chi connectivity index (χ0) is 44.3. The van der Waals surface area contributed by atoms with Crippen LogP contribution in [-0.4, -0.2) is 60.1 Å². The van der Waals surface area contributed by atoms with Crippen LogP contribution in [0.25, 0.3) is 0 Å². The van der Waals surface area contributed by atoms with Gasteiger partial charge in [0.05, 0.1) is 51.5 Å². The Balaban J connectivity index is 1.64. The third-order valence-electron chi connectivity index (χ3n) is 11.7. The Labute approximate surface area is 376 Å². The first-order valence-electron chi connectivity index (χ1n) is 20.1. The lowest BCUT2D eigenvalue weighted by Crippen LogP contribution is -2.32. The molecule has 324 valence electrons. The summed E-state index contributed by atoms with van der Waals surface area (Å²) in [7, 11) is 6.39. The molecule has 0 atom stereocenters. The Hall–Kier alpha value is -4.45. The molecule has 0 aromatic heterocycles. The molecule has 2 heterocycles. The standard InChI is InChI=1S/C46H52BrN3O9S2/c1-10-45(11-2)32-26-36(54-6)38(56-8)28-34(32)49(24-22-42(51)60-53)40(45)20-18-30-16-15-17-31(44(30)47)19-21-41-46(12-3,13-4)33-27-37(55-7)39(57-9)29-35(33)50(41)25-23-43(52)61-59-58-48-14-5/h18-21,26-29,48H,10-17H2,1-9H3. The predicted octanol–water partition coefficient (Wildman–Crippen LogP) is 9.61. The number of hydrogen-bond acceptors (Lipinski definition) is 13. The van der Waals surface area contributed by atoms with Gasteiger partial charge < -0.3 is 23.5 Å². The molecule has 12 nitrogen and oxygen atoms in total. The van der Waals surface area contributed by atoms with Crippen LogP contribution < -0.4 is 29.3 Å². The molecular formula is C46H52BrN3O9S2. The quantitative estimate of drug-likeness (QED) is 0.0455. The molecule has 0 saturated carbocycles. The average Bonchev–Trinajstić information content (AvgIpc) is 3.70. The topological polar surface area (TPSA) is 131 Å². The van der Waals surface area contributed by atoms with Crippen LogP contribution in [-0.2, 0) is 29.7 Å². The average molecular weight is 935 g/mol. The predicted molar refractivity (Wildman–Crippen MR) is 244 cm³/mol. The summed E-state index contributed by atoms with van der Waals surface area (Å²) in [5, 5.41) is -1.30. The molecule has 2 aromatic rings. The van der Waals surface area contributed by atoms with Crippen LogP contribution in [0, 0.1) is 23.9 Å². The Morgan fingerprint density at radius 3 is 2.07 bits per heavy atom. The number of benzene rings is 2. The van der Waals surface area contributed by atoms with Gasteiger partial charge in [0.25, 0.3) is 10.2 Å². The maximum atomic E-state index is 12.8. The van der Waals surface area contributed by atoms with E-state index in [4.69, 9.17) is 28.3 Å². The van der Waals surface area contributed by atoms with Crippen LogP contribution in [0.15, 0.2) is 69.9 Å². The maximum absolute atomic E-state index is 12.8. The highest BCUT2D eigenvalue weighted by atomic mass is 79.9. The number of anilines is 1. The SMILES string of the molecule is CCNOOSC(=O)C#CN1/C(=C\C=C2/CCCC(/C=C/C3=[N+](C#CC(=O)S[O-])c4cc(OC)c(OC)cc4C3(CC)CC)=C2Br)C(CC)(CC)c2cc(OC)c(OC)cc21. The Kier molecular flexibility index (Phi) is 16.8. The van der Waals surface area contributed by atoms with E-state index in [1.54, 1.807) is 28.4 Å². The van der Waals surface area contributed by atoms with Crippen molar-refractivity contribution >= 4 is 67.3 Å². The van der Waals surface area contributed by atoms with Crippen molar-refractivity contribution in [1.82, 2.24) is 5.48 Å². The normalized spacial score (nSPS) is 17.5. The van der Waals surface area contributed by atoms with Gasteiger partial charge in [0.15, 0.2) is 23.0 Å². The van der Waals surface area contributed by atoms with Crippen LogP contribution in [0.4, 0.5) is 11.4 Å². The zero-order valence-corrected chi connectivity index (χ0v) is 39.3. The van der Waals surface area contributed by atoms with Crippen molar-refractivity contribution < 1.29 is 47.0 Å². The Morgan fingerprint density at radius 1 is 0.836 bits per heavy atom. The number of carbonyl (C=O) groups excluding carboxylic acids is 2. The molecule has 0 unspecified atom stereocenters. The highest BCUT2D eigenvalue weighted by Crippen LogP contribution is 2.55. The van der Waals surface area contributed by atoms with E-state index in [2.05, 4.69) is 97.3 Å². The number of ether oxygens (including phenoxy) is 4. The lowest BCUT2D eigenvalue weighted by atomic mass is 9.73. The fourth-order valence-electron chi connectivity index (χ4n) is 8.47. The molecular weight excluding hydrogens is 883 g/mol. The lowest BCUT2D eigenvalue weighted by molar-refractivity contribution is -0.332. The molecule has 0 spiro atoms. The first kappa shape index (κ1) is 47.6. The summed E-state index contributed by atoms with van der Waals surface area (Å²) >= 11 is 4.32. The first-order chi connectivity index (χ1) is 29.5. The van der Waals surface area contributed by atoms with Crippen LogP contribution in [0.3, 0.4) is 0 Å². The molecule has 2 aliphatic heterocycles. The van der Waals surface area contributed by atoms with Crippen molar-refractivity contribution in [2.45, 2.75) is 90.4 Å². The molecule has 0 fully saturated rings. The summed E-state index contributed by atoms with van der Waals surface area (Å²) in [5.41, 5.74) is 9.17. The smallest absolute Gasteiger partial charge is 0.294 e. The van der Waals surface area contributed by atoms with Gasteiger partial charge in [-0.3, -0.25) is 14.5 Å². The van der Waals surface area contributed by atoms with E-state index in [-0.39, 0.29) is 12.0 Å². The van der Waals surface area contributed by atoms with Gasteiger partial charge in [-0.2, -0.15) is 17.5 Å². The molecule has 3 aliphatic rings. The molecule has 0 amide bonds. The molecule has 1 N–H and O–H groups in total. The number of carbonyl (C=O) groups is 2. The van der Waals surface area contributed by atoms with Gasteiger partial charge in [-0.15, -0.1) is 13.9 Å². The van der Waals surface area contributed by atoms with Crippen molar-refractivity contribution in [3.05, 3.63) is 81.0 Å². The van der Waals surface area contributed by atoms with Gasteiger partial charge in [-0.25, -0.2) is 0 Å². The summed E-state index contributed by atoms with van der Waals surface area (Å²) in [5.74, 6) is 7.52. The summed E-state index contributed by atoms with van der Waals surface area (Å²) < 4.78 is 41.9. The highest BCUT2D eigenvalue weighted by Gasteiger charge is 2.50. The molecule has 1 aliphatic carbocycles. The van der Waals surface area contributed by atoms with Crippen LogP contribution in [0.1, 0.15) is 90.7 Å². The van der Waals surface area contributed by atoms with E-state index < -0.39 is 21.1 Å². The number of fused-ring (bicyclic) bond motifs is 2. The Bertz CT molecular complexity index is 2300. The van der Waals surface area contributed by atoms with Gasteiger partial charge in [0.1, 0.15) is 12.0 Å². The lowest BCUT2D eigenvalue weighted by Gasteiger charge is -2.30. The third-order valence-corrected chi connectivity index (χ3v) is 13.4. The fourth-order valence-corrected chi connectivity index (χ4v) is 9.45. The number of hydrogen-bond donors (Lipinski definition) is 1. The number of rotatable bonds is 15. The number of nitrogens with zero attached hydrogens (tertiary/aromatic N) is 2. The zero-order valence-electron chi connectivity index (χ0n) is 36.0. The summed E-state index contributed by atoms with van der Waals surface area (Å²) in [6.07, 6.45) is 14.0.